The molecule has 1 fully saturated rings. The van der Waals surface area contributed by atoms with E-state index in [0.717, 1.165) is 43.3 Å². The SMILES string of the molecule is Cc1nc(NCCn2ccnn2)cc(C2CC(O)C2)n1. The molecule has 0 atom stereocenters. The Labute approximate surface area is 117 Å². The van der Waals surface area contributed by atoms with E-state index in [9.17, 15) is 5.11 Å². The highest BCUT2D eigenvalue weighted by atomic mass is 16.3. The van der Waals surface area contributed by atoms with Crippen LogP contribution in [-0.4, -0.2) is 42.7 Å². The number of rotatable bonds is 5. The topological polar surface area (TPSA) is 88.8 Å². The minimum Gasteiger partial charge on any atom is -0.393 e. The number of nitrogens with one attached hydrogen (secondary N) is 1. The molecular formula is C13H18N6O. The van der Waals surface area contributed by atoms with Crippen molar-refractivity contribution < 1.29 is 5.11 Å². The van der Waals surface area contributed by atoms with Crippen molar-refractivity contribution in [3.8, 4) is 0 Å². The van der Waals surface area contributed by atoms with Crippen LogP contribution in [0.4, 0.5) is 5.82 Å². The summed E-state index contributed by atoms with van der Waals surface area (Å²) < 4.78 is 1.77. The molecule has 0 spiro atoms. The molecule has 1 saturated carbocycles. The molecule has 106 valence electrons. The Bertz CT molecular complexity index is 564. The molecule has 1 aliphatic carbocycles. The fourth-order valence-corrected chi connectivity index (χ4v) is 2.37. The normalized spacial score (nSPS) is 21.5. The summed E-state index contributed by atoms with van der Waals surface area (Å²) in [6, 6.07) is 1.98. The molecule has 0 bridgehead atoms. The van der Waals surface area contributed by atoms with E-state index in [-0.39, 0.29) is 6.10 Å². The van der Waals surface area contributed by atoms with Gasteiger partial charge in [0.05, 0.1) is 18.8 Å². The van der Waals surface area contributed by atoms with Crippen LogP contribution in [0.2, 0.25) is 0 Å². The van der Waals surface area contributed by atoms with Crippen molar-refractivity contribution in [2.24, 2.45) is 0 Å². The molecule has 2 N–H and O–H groups in total. The van der Waals surface area contributed by atoms with Gasteiger partial charge >= 0.3 is 0 Å². The minimum absolute atomic E-state index is 0.168. The lowest BCUT2D eigenvalue weighted by molar-refractivity contribution is 0.0731. The molecule has 2 heterocycles. The molecule has 0 radical (unpaired) electrons. The third-order valence-corrected chi connectivity index (χ3v) is 3.51. The second-order valence-electron chi connectivity index (χ2n) is 5.14. The van der Waals surface area contributed by atoms with E-state index in [0.29, 0.717) is 5.92 Å². The van der Waals surface area contributed by atoms with E-state index in [4.69, 9.17) is 0 Å². The first-order chi connectivity index (χ1) is 9.70. The van der Waals surface area contributed by atoms with Crippen molar-refractivity contribution in [1.29, 1.82) is 0 Å². The first-order valence-electron chi connectivity index (χ1n) is 6.82. The Hall–Kier alpha value is -2.02. The highest BCUT2D eigenvalue weighted by Gasteiger charge is 2.30. The molecule has 1 aliphatic rings. The van der Waals surface area contributed by atoms with Gasteiger partial charge in [0.2, 0.25) is 0 Å². The van der Waals surface area contributed by atoms with E-state index < -0.39 is 0 Å². The van der Waals surface area contributed by atoms with Gasteiger partial charge in [-0.3, -0.25) is 4.68 Å². The van der Waals surface area contributed by atoms with Crippen molar-refractivity contribution in [2.75, 3.05) is 11.9 Å². The van der Waals surface area contributed by atoms with Gasteiger partial charge in [-0.1, -0.05) is 5.21 Å². The van der Waals surface area contributed by atoms with Gasteiger partial charge in [0.25, 0.3) is 0 Å². The number of nitrogens with zero attached hydrogens (tertiary/aromatic N) is 5. The lowest BCUT2D eigenvalue weighted by Gasteiger charge is -2.31. The summed E-state index contributed by atoms with van der Waals surface area (Å²) >= 11 is 0. The molecular weight excluding hydrogens is 256 g/mol. The molecule has 0 aliphatic heterocycles. The van der Waals surface area contributed by atoms with Gasteiger partial charge in [0, 0.05) is 30.4 Å². The van der Waals surface area contributed by atoms with Crippen molar-refractivity contribution in [2.45, 2.75) is 38.3 Å². The van der Waals surface area contributed by atoms with Gasteiger partial charge in [-0.25, -0.2) is 9.97 Å². The molecule has 2 aromatic rings. The summed E-state index contributed by atoms with van der Waals surface area (Å²) in [4.78, 5) is 8.84. The van der Waals surface area contributed by atoms with Gasteiger partial charge in [-0.15, -0.1) is 5.10 Å². The van der Waals surface area contributed by atoms with Gasteiger partial charge in [-0.2, -0.15) is 0 Å². The first kappa shape index (κ1) is 13.0. The monoisotopic (exact) mass is 274 g/mol. The third-order valence-electron chi connectivity index (χ3n) is 3.51. The highest BCUT2D eigenvalue weighted by molar-refractivity contribution is 5.37. The van der Waals surface area contributed by atoms with Crippen LogP contribution >= 0.6 is 0 Å². The molecule has 3 rings (SSSR count). The Morgan fingerprint density at radius 1 is 1.40 bits per heavy atom. The summed E-state index contributed by atoms with van der Waals surface area (Å²) in [7, 11) is 0. The lowest BCUT2D eigenvalue weighted by atomic mass is 9.80. The molecule has 7 nitrogen and oxygen atoms in total. The van der Waals surface area contributed by atoms with E-state index in [1.165, 1.54) is 0 Å². The summed E-state index contributed by atoms with van der Waals surface area (Å²) in [5.41, 5.74) is 1.02. The third kappa shape index (κ3) is 2.93. The van der Waals surface area contributed by atoms with Crippen LogP contribution in [0, 0.1) is 6.92 Å². The first-order valence-corrected chi connectivity index (χ1v) is 6.82. The van der Waals surface area contributed by atoms with Gasteiger partial charge in [0.15, 0.2) is 0 Å². The Kier molecular flexibility index (Phi) is 3.60. The van der Waals surface area contributed by atoms with E-state index in [1.807, 2.05) is 19.2 Å². The smallest absolute Gasteiger partial charge is 0.129 e. The summed E-state index contributed by atoms with van der Waals surface area (Å²) in [6.07, 6.45) is 4.92. The number of aromatic nitrogens is 5. The fraction of sp³-hybridized carbons (Fsp3) is 0.538. The lowest BCUT2D eigenvalue weighted by Crippen LogP contribution is -2.27. The second-order valence-corrected chi connectivity index (χ2v) is 5.14. The van der Waals surface area contributed by atoms with E-state index >= 15 is 0 Å². The fourth-order valence-electron chi connectivity index (χ4n) is 2.37. The average molecular weight is 274 g/mol. The summed E-state index contributed by atoms with van der Waals surface area (Å²) in [5.74, 6) is 1.95. The zero-order valence-electron chi connectivity index (χ0n) is 11.4. The number of aliphatic hydroxyl groups is 1. The van der Waals surface area contributed by atoms with E-state index in [1.54, 1.807) is 10.9 Å². The molecule has 0 amide bonds. The molecule has 20 heavy (non-hydrogen) atoms. The second kappa shape index (κ2) is 5.54. The molecule has 7 heteroatoms. The van der Waals surface area contributed by atoms with Crippen LogP contribution in [-0.2, 0) is 6.54 Å². The highest BCUT2D eigenvalue weighted by Crippen LogP contribution is 2.36. The molecule has 0 unspecified atom stereocenters. The van der Waals surface area contributed by atoms with Crippen molar-refractivity contribution >= 4 is 5.82 Å². The largest absolute Gasteiger partial charge is 0.393 e. The Morgan fingerprint density at radius 3 is 2.95 bits per heavy atom. The maximum atomic E-state index is 9.39. The zero-order chi connectivity index (χ0) is 13.9. The minimum atomic E-state index is -0.168. The molecule has 0 saturated heterocycles. The van der Waals surface area contributed by atoms with Crippen LogP contribution in [0.25, 0.3) is 0 Å². The van der Waals surface area contributed by atoms with Crippen LogP contribution < -0.4 is 5.32 Å². The number of hydrogen-bond acceptors (Lipinski definition) is 6. The summed E-state index contributed by atoms with van der Waals surface area (Å²) in [6.45, 7) is 3.36. The maximum absolute atomic E-state index is 9.39. The predicted octanol–water partition coefficient (Wildman–Crippen LogP) is 0.727. The van der Waals surface area contributed by atoms with Gasteiger partial charge in [-0.05, 0) is 19.8 Å². The number of anilines is 1. The van der Waals surface area contributed by atoms with E-state index in [2.05, 4.69) is 25.6 Å². The van der Waals surface area contributed by atoms with Crippen LogP contribution in [0.15, 0.2) is 18.5 Å². The number of hydrogen-bond donors (Lipinski definition) is 2. The molecule has 0 aromatic carbocycles. The van der Waals surface area contributed by atoms with Crippen LogP contribution in [0.1, 0.15) is 30.3 Å². The quantitative estimate of drug-likeness (QED) is 0.835. The van der Waals surface area contributed by atoms with Gasteiger partial charge in [0.1, 0.15) is 11.6 Å². The molecule has 2 aromatic heterocycles. The van der Waals surface area contributed by atoms with Gasteiger partial charge < -0.3 is 10.4 Å². The number of aryl methyl sites for hydroxylation is 1. The van der Waals surface area contributed by atoms with Crippen molar-refractivity contribution in [3.63, 3.8) is 0 Å². The maximum Gasteiger partial charge on any atom is 0.129 e. The van der Waals surface area contributed by atoms with Crippen molar-refractivity contribution in [1.82, 2.24) is 25.0 Å². The number of aliphatic hydroxyl groups excluding tert-OH is 1. The Morgan fingerprint density at radius 2 is 2.25 bits per heavy atom. The zero-order valence-corrected chi connectivity index (χ0v) is 11.4. The van der Waals surface area contributed by atoms with Crippen LogP contribution in [0.3, 0.4) is 0 Å². The average Bonchev–Trinajstić information content (AvgIpc) is 2.87. The Balaban J connectivity index is 1.61. The van der Waals surface area contributed by atoms with Crippen molar-refractivity contribution in [3.05, 3.63) is 30.0 Å². The summed E-state index contributed by atoms with van der Waals surface area (Å²) in [5, 5.41) is 20.3. The predicted molar refractivity (Wildman–Crippen MR) is 73.3 cm³/mol. The van der Waals surface area contributed by atoms with Crippen LogP contribution in [0.5, 0.6) is 0 Å². The standard InChI is InChI=1S/C13H18N6O/c1-9-16-12(10-6-11(20)7-10)8-13(17-9)14-2-4-19-5-3-15-18-19/h3,5,8,10-11,20H,2,4,6-7H2,1H3,(H,14,16,17).